The van der Waals surface area contributed by atoms with Crippen molar-refractivity contribution in [1.82, 2.24) is 0 Å². The fourth-order valence-electron chi connectivity index (χ4n) is 2.39. The Balaban J connectivity index is 1.95. The standard InChI is InChI=1S/C15H17N3O2/c16-11-13-10-14(6-7-15(13)18(19)20)17-9-8-12-4-2-1-3-5-12/h4,6-7,10,17H,1-3,5,8-9H2. The van der Waals surface area contributed by atoms with Crippen LogP contribution in [0.25, 0.3) is 0 Å². The van der Waals surface area contributed by atoms with Crippen molar-refractivity contribution in [2.75, 3.05) is 11.9 Å². The highest BCUT2D eigenvalue weighted by molar-refractivity contribution is 5.58. The lowest BCUT2D eigenvalue weighted by Crippen LogP contribution is -2.05. The molecule has 0 fully saturated rings. The summed E-state index contributed by atoms with van der Waals surface area (Å²) < 4.78 is 0. The topological polar surface area (TPSA) is 79.0 Å². The molecular weight excluding hydrogens is 254 g/mol. The maximum atomic E-state index is 10.7. The van der Waals surface area contributed by atoms with Crippen LogP contribution in [0.3, 0.4) is 0 Å². The third-order valence-electron chi connectivity index (χ3n) is 3.47. The van der Waals surface area contributed by atoms with E-state index in [1.807, 2.05) is 6.07 Å². The SMILES string of the molecule is N#Cc1cc(NCCC2=CCCCC2)ccc1[N+](=O)[O-]. The van der Waals surface area contributed by atoms with Crippen LogP contribution in [0.4, 0.5) is 11.4 Å². The van der Waals surface area contributed by atoms with E-state index in [2.05, 4.69) is 11.4 Å². The fourth-order valence-corrected chi connectivity index (χ4v) is 2.39. The summed E-state index contributed by atoms with van der Waals surface area (Å²) in [6.07, 6.45) is 8.18. The highest BCUT2D eigenvalue weighted by Crippen LogP contribution is 2.23. The molecule has 1 aliphatic carbocycles. The molecule has 5 heteroatoms. The Labute approximate surface area is 118 Å². The van der Waals surface area contributed by atoms with Crippen LogP contribution in [0.5, 0.6) is 0 Å². The van der Waals surface area contributed by atoms with Gasteiger partial charge < -0.3 is 5.32 Å². The molecule has 104 valence electrons. The van der Waals surface area contributed by atoms with Crippen LogP contribution in [0.2, 0.25) is 0 Å². The molecule has 0 aliphatic heterocycles. The van der Waals surface area contributed by atoms with E-state index in [-0.39, 0.29) is 11.3 Å². The van der Waals surface area contributed by atoms with Crippen molar-refractivity contribution in [3.05, 3.63) is 45.5 Å². The van der Waals surface area contributed by atoms with E-state index in [4.69, 9.17) is 5.26 Å². The second-order valence-electron chi connectivity index (χ2n) is 4.89. The molecule has 1 aromatic carbocycles. The van der Waals surface area contributed by atoms with Crippen LogP contribution < -0.4 is 5.32 Å². The third kappa shape index (κ3) is 3.58. The van der Waals surface area contributed by atoms with E-state index >= 15 is 0 Å². The predicted octanol–water partition coefficient (Wildman–Crippen LogP) is 3.77. The van der Waals surface area contributed by atoms with E-state index in [9.17, 15) is 10.1 Å². The predicted molar refractivity (Wildman–Crippen MR) is 77.5 cm³/mol. The smallest absolute Gasteiger partial charge is 0.287 e. The van der Waals surface area contributed by atoms with Gasteiger partial charge in [-0.2, -0.15) is 5.26 Å². The molecule has 0 amide bonds. The summed E-state index contributed by atoms with van der Waals surface area (Å²) in [4.78, 5) is 10.2. The van der Waals surface area contributed by atoms with Gasteiger partial charge in [0, 0.05) is 18.3 Å². The van der Waals surface area contributed by atoms with Crippen LogP contribution in [-0.2, 0) is 0 Å². The van der Waals surface area contributed by atoms with Gasteiger partial charge in [-0.25, -0.2) is 0 Å². The average Bonchev–Trinajstić information content (AvgIpc) is 2.48. The first-order chi connectivity index (χ1) is 9.70. The molecule has 0 bridgehead atoms. The third-order valence-corrected chi connectivity index (χ3v) is 3.47. The zero-order valence-electron chi connectivity index (χ0n) is 11.3. The summed E-state index contributed by atoms with van der Waals surface area (Å²) in [5.41, 5.74) is 2.18. The largest absolute Gasteiger partial charge is 0.385 e. The minimum atomic E-state index is -0.533. The number of nitriles is 1. The number of anilines is 1. The number of allylic oxidation sites excluding steroid dienone is 1. The quantitative estimate of drug-likeness (QED) is 0.502. The molecule has 0 aromatic heterocycles. The van der Waals surface area contributed by atoms with Gasteiger partial charge in [-0.15, -0.1) is 0 Å². The summed E-state index contributed by atoms with van der Waals surface area (Å²) in [6, 6.07) is 6.42. The molecule has 0 unspecified atom stereocenters. The monoisotopic (exact) mass is 271 g/mol. The molecule has 5 nitrogen and oxygen atoms in total. The number of hydrogen-bond donors (Lipinski definition) is 1. The van der Waals surface area contributed by atoms with Gasteiger partial charge in [-0.1, -0.05) is 11.6 Å². The van der Waals surface area contributed by atoms with E-state index in [0.717, 1.165) is 18.7 Å². The number of nitro groups is 1. The lowest BCUT2D eigenvalue weighted by atomic mass is 9.97. The van der Waals surface area contributed by atoms with Gasteiger partial charge in [-0.05, 0) is 44.2 Å². The highest BCUT2D eigenvalue weighted by Gasteiger charge is 2.13. The lowest BCUT2D eigenvalue weighted by Gasteiger charge is -2.13. The van der Waals surface area contributed by atoms with E-state index in [1.165, 1.54) is 43.4 Å². The normalized spacial score (nSPS) is 14.2. The molecule has 0 atom stereocenters. The van der Waals surface area contributed by atoms with E-state index in [1.54, 1.807) is 6.07 Å². The van der Waals surface area contributed by atoms with Gasteiger partial charge in [0.25, 0.3) is 5.69 Å². The number of nitrogens with one attached hydrogen (secondary N) is 1. The molecule has 0 spiro atoms. The van der Waals surface area contributed by atoms with Crippen molar-refractivity contribution in [3.63, 3.8) is 0 Å². The number of rotatable bonds is 5. The fraction of sp³-hybridized carbons (Fsp3) is 0.400. The van der Waals surface area contributed by atoms with Crippen LogP contribution >= 0.6 is 0 Å². The molecule has 1 aliphatic rings. The number of nitrogens with zero attached hydrogens (tertiary/aromatic N) is 2. The summed E-state index contributed by atoms with van der Waals surface area (Å²) in [5, 5.41) is 22.9. The van der Waals surface area contributed by atoms with E-state index < -0.39 is 4.92 Å². The van der Waals surface area contributed by atoms with Crippen LogP contribution in [0.1, 0.15) is 37.7 Å². The zero-order chi connectivity index (χ0) is 14.4. The first-order valence-corrected chi connectivity index (χ1v) is 6.81. The molecule has 1 N–H and O–H groups in total. The van der Waals surface area contributed by atoms with Gasteiger partial charge in [0.2, 0.25) is 0 Å². The summed E-state index contributed by atoms with van der Waals surface area (Å²) >= 11 is 0. The van der Waals surface area contributed by atoms with Crippen LogP contribution in [0.15, 0.2) is 29.8 Å². The first-order valence-electron chi connectivity index (χ1n) is 6.81. The van der Waals surface area contributed by atoms with Crippen LogP contribution in [-0.4, -0.2) is 11.5 Å². The van der Waals surface area contributed by atoms with Crippen molar-refractivity contribution >= 4 is 11.4 Å². The molecule has 0 saturated heterocycles. The van der Waals surface area contributed by atoms with Crippen molar-refractivity contribution in [3.8, 4) is 6.07 Å². The van der Waals surface area contributed by atoms with Crippen molar-refractivity contribution < 1.29 is 4.92 Å². The first kappa shape index (κ1) is 14.1. The van der Waals surface area contributed by atoms with E-state index in [0.29, 0.717) is 0 Å². The highest BCUT2D eigenvalue weighted by atomic mass is 16.6. The molecule has 0 saturated carbocycles. The summed E-state index contributed by atoms with van der Waals surface area (Å²) in [7, 11) is 0. The summed E-state index contributed by atoms with van der Waals surface area (Å²) in [6.45, 7) is 0.786. The van der Waals surface area contributed by atoms with Crippen molar-refractivity contribution in [2.24, 2.45) is 0 Å². The number of benzene rings is 1. The Morgan fingerprint density at radius 3 is 2.90 bits per heavy atom. The summed E-state index contributed by atoms with van der Waals surface area (Å²) in [5.74, 6) is 0. The lowest BCUT2D eigenvalue weighted by molar-refractivity contribution is -0.385. The Hall–Kier alpha value is -2.35. The Morgan fingerprint density at radius 2 is 2.25 bits per heavy atom. The minimum absolute atomic E-state index is 0.0943. The molecule has 0 radical (unpaired) electrons. The van der Waals surface area contributed by atoms with Crippen LogP contribution in [0, 0.1) is 21.4 Å². The maximum Gasteiger partial charge on any atom is 0.287 e. The van der Waals surface area contributed by atoms with Gasteiger partial charge in [0.1, 0.15) is 11.6 Å². The molecule has 2 rings (SSSR count). The van der Waals surface area contributed by atoms with Crippen molar-refractivity contribution in [1.29, 1.82) is 5.26 Å². The second-order valence-corrected chi connectivity index (χ2v) is 4.89. The van der Waals surface area contributed by atoms with Gasteiger partial charge in [0.05, 0.1) is 4.92 Å². The Bertz CT molecular complexity index is 573. The molecule has 20 heavy (non-hydrogen) atoms. The number of nitro benzene ring substituents is 1. The molecule has 1 aromatic rings. The average molecular weight is 271 g/mol. The molecular formula is C15H17N3O2. The number of hydrogen-bond acceptors (Lipinski definition) is 4. The van der Waals surface area contributed by atoms with Gasteiger partial charge >= 0.3 is 0 Å². The Morgan fingerprint density at radius 1 is 1.40 bits per heavy atom. The van der Waals surface area contributed by atoms with Crippen molar-refractivity contribution in [2.45, 2.75) is 32.1 Å². The second kappa shape index (κ2) is 6.71. The zero-order valence-corrected chi connectivity index (χ0v) is 11.3. The maximum absolute atomic E-state index is 10.7. The minimum Gasteiger partial charge on any atom is -0.385 e. The Kier molecular flexibility index (Phi) is 4.72. The molecule has 0 heterocycles. The van der Waals surface area contributed by atoms with Gasteiger partial charge in [0.15, 0.2) is 0 Å². The van der Waals surface area contributed by atoms with Gasteiger partial charge in [-0.3, -0.25) is 10.1 Å².